The highest BCUT2D eigenvalue weighted by Crippen LogP contribution is 2.28. The molecule has 0 aliphatic carbocycles. The van der Waals surface area contributed by atoms with E-state index in [1.54, 1.807) is 17.1 Å². The molecule has 9 nitrogen and oxygen atoms in total. The largest absolute Gasteiger partial charge is 0.493 e. The number of para-hydroxylation sites is 2. The minimum atomic E-state index is -0.936. The molecule has 0 fully saturated rings. The molecule has 186 valence electrons. The summed E-state index contributed by atoms with van der Waals surface area (Å²) in [7, 11) is 0. The molecule has 0 spiro atoms. The molecule has 0 saturated heterocycles. The third-order valence-corrected chi connectivity index (χ3v) is 6.62. The maximum atomic E-state index is 11.7. The van der Waals surface area contributed by atoms with Crippen molar-refractivity contribution in [2.24, 2.45) is 0 Å². The summed E-state index contributed by atoms with van der Waals surface area (Å²) in [6, 6.07) is 16.9. The highest BCUT2D eigenvalue weighted by atomic mass is 16.5. The molecule has 6 rings (SSSR count). The summed E-state index contributed by atoms with van der Waals surface area (Å²) in [5, 5.41) is 18.4. The smallest absolute Gasteiger partial charge is 0.305 e. The van der Waals surface area contributed by atoms with E-state index in [2.05, 4.69) is 32.5 Å². The van der Waals surface area contributed by atoms with Crippen LogP contribution in [0.15, 0.2) is 67.0 Å². The van der Waals surface area contributed by atoms with Crippen LogP contribution in [0, 0.1) is 0 Å². The molecule has 4 heterocycles. The lowest BCUT2D eigenvalue weighted by molar-refractivity contribution is -0.137. The van der Waals surface area contributed by atoms with Crippen LogP contribution in [0.25, 0.3) is 21.9 Å². The average molecular weight is 495 g/mol. The Bertz CT molecular complexity index is 1600. The van der Waals surface area contributed by atoms with Gasteiger partial charge in [-0.25, -0.2) is 9.97 Å². The van der Waals surface area contributed by atoms with E-state index in [1.807, 2.05) is 42.5 Å². The van der Waals surface area contributed by atoms with E-state index in [4.69, 9.17) is 9.72 Å². The molecule has 3 aromatic heterocycles. The molecule has 9 heteroatoms. The van der Waals surface area contributed by atoms with E-state index in [9.17, 15) is 9.90 Å². The Labute approximate surface area is 213 Å². The summed E-state index contributed by atoms with van der Waals surface area (Å²) in [6.07, 6.45) is 6.11. The first kappa shape index (κ1) is 22.9. The van der Waals surface area contributed by atoms with Crippen molar-refractivity contribution < 1.29 is 14.6 Å². The van der Waals surface area contributed by atoms with Crippen LogP contribution in [0.2, 0.25) is 0 Å². The summed E-state index contributed by atoms with van der Waals surface area (Å²) >= 11 is 0. The molecule has 0 bridgehead atoms. The molecule has 1 unspecified atom stereocenters. The summed E-state index contributed by atoms with van der Waals surface area (Å²) < 4.78 is 7.72. The maximum absolute atomic E-state index is 11.7. The number of nitrogens with zero attached hydrogens (tertiary/aromatic N) is 5. The Balaban J connectivity index is 1.21. The molecule has 2 aromatic carbocycles. The van der Waals surface area contributed by atoms with Gasteiger partial charge in [-0.2, -0.15) is 5.10 Å². The second-order valence-electron chi connectivity index (χ2n) is 9.15. The molecular weight excluding hydrogens is 468 g/mol. The van der Waals surface area contributed by atoms with Gasteiger partial charge >= 0.3 is 5.97 Å². The topological polar surface area (TPSA) is 115 Å². The van der Waals surface area contributed by atoms with E-state index < -0.39 is 12.0 Å². The van der Waals surface area contributed by atoms with Crippen LogP contribution < -0.4 is 10.1 Å². The van der Waals surface area contributed by atoms with E-state index >= 15 is 0 Å². The van der Waals surface area contributed by atoms with E-state index in [0.717, 1.165) is 53.1 Å². The number of hydrogen-bond acceptors (Lipinski definition) is 7. The van der Waals surface area contributed by atoms with Crippen molar-refractivity contribution >= 4 is 33.7 Å². The zero-order chi connectivity index (χ0) is 25.2. The summed E-state index contributed by atoms with van der Waals surface area (Å²) in [4.78, 5) is 25.6. The number of hydrogen-bond donors (Lipinski definition) is 2. The zero-order valence-corrected chi connectivity index (χ0v) is 20.2. The molecular formula is C28H26N6O3. The van der Waals surface area contributed by atoms with Gasteiger partial charge in [0, 0.05) is 24.0 Å². The number of carboxylic acid groups (broad SMARTS) is 1. The predicted octanol–water partition coefficient (Wildman–Crippen LogP) is 4.42. The van der Waals surface area contributed by atoms with Gasteiger partial charge in [0.25, 0.3) is 0 Å². The second-order valence-corrected chi connectivity index (χ2v) is 9.15. The van der Waals surface area contributed by atoms with Crippen LogP contribution in [0.1, 0.15) is 35.8 Å². The number of aliphatic carboxylic acids is 1. The number of aromatic nitrogens is 5. The third-order valence-electron chi connectivity index (χ3n) is 6.62. The zero-order valence-electron chi connectivity index (χ0n) is 20.2. The highest BCUT2D eigenvalue weighted by molar-refractivity contribution is 5.81. The molecule has 1 atom stereocenters. The number of pyridine rings is 1. The van der Waals surface area contributed by atoms with Crippen LogP contribution in [0.3, 0.4) is 0 Å². The number of carboxylic acids is 1. The van der Waals surface area contributed by atoms with Crippen molar-refractivity contribution in [3.63, 3.8) is 0 Å². The van der Waals surface area contributed by atoms with Gasteiger partial charge in [-0.05, 0) is 54.8 Å². The normalized spacial score (nSPS) is 13.7. The van der Waals surface area contributed by atoms with Crippen LogP contribution in [0.5, 0.6) is 5.75 Å². The third kappa shape index (κ3) is 4.80. The first-order chi connectivity index (χ1) is 18.1. The van der Waals surface area contributed by atoms with Crippen molar-refractivity contribution in [1.29, 1.82) is 0 Å². The molecule has 0 saturated carbocycles. The van der Waals surface area contributed by atoms with E-state index in [0.29, 0.717) is 24.2 Å². The SMILES string of the molecule is O=C(O)CC(c1cnc2ccccc2n1)n1ncc2cc(OCCc3ccc4c(n3)NCCC4)ccc21. The van der Waals surface area contributed by atoms with E-state index in [1.165, 1.54) is 5.56 Å². The van der Waals surface area contributed by atoms with Crippen LogP contribution in [0.4, 0.5) is 5.82 Å². The first-order valence-corrected chi connectivity index (χ1v) is 12.4. The predicted molar refractivity (Wildman–Crippen MR) is 140 cm³/mol. The fraction of sp³-hybridized carbons (Fsp3) is 0.250. The fourth-order valence-electron chi connectivity index (χ4n) is 4.76. The number of aryl methyl sites for hydroxylation is 1. The quantitative estimate of drug-likeness (QED) is 0.326. The van der Waals surface area contributed by atoms with Crippen LogP contribution >= 0.6 is 0 Å². The van der Waals surface area contributed by atoms with Gasteiger partial charge in [0.05, 0.1) is 47.7 Å². The number of fused-ring (bicyclic) bond motifs is 3. The first-order valence-electron chi connectivity index (χ1n) is 12.4. The molecule has 5 aromatic rings. The van der Waals surface area contributed by atoms with E-state index in [-0.39, 0.29) is 6.42 Å². The highest BCUT2D eigenvalue weighted by Gasteiger charge is 2.23. The van der Waals surface area contributed by atoms with Gasteiger partial charge < -0.3 is 15.2 Å². The lowest BCUT2D eigenvalue weighted by atomic mass is 10.1. The Kier molecular flexibility index (Phi) is 6.10. The van der Waals surface area contributed by atoms with Crippen molar-refractivity contribution in [1.82, 2.24) is 24.7 Å². The lowest BCUT2D eigenvalue weighted by Crippen LogP contribution is -2.18. The molecule has 2 N–H and O–H groups in total. The van der Waals surface area contributed by atoms with Crippen molar-refractivity contribution in [2.45, 2.75) is 31.7 Å². The fourth-order valence-corrected chi connectivity index (χ4v) is 4.76. The summed E-state index contributed by atoms with van der Waals surface area (Å²) in [5.74, 6) is 0.780. The number of ether oxygens (including phenoxy) is 1. The van der Waals surface area contributed by atoms with Crippen LogP contribution in [-0.2, 0) is 17.6 Å². The Morgan fingerprint density at radius 2 is 1.97 bits per heavy atom. The monoisotopic (exact) mass is 494 g/mol. The van der Waals surface area contributed by atoms with Gasteiger partial charge in [-0.15, -0.1) is 0 Å². The minimum absolute atomic E-state index is 0.162. The second kappa shape index (κ2) is 9.85. The lowest BCUT2D eigenvalue weighted by Gasteiger charge is -2.17. The number of rotatable bonds is 8. The van der Waals surface area contributed by atoms with Gasteiger partial charge in [-0.3, -0.25) is 14.5 Å². The van der Waals surface area contributed by atoms with Gasteiger partial charge in [0.1, 0.15) is 17.6 Å². The van der Waals surface area contributed by atoms with Crippen LogP contribution in [-0.4, -0.2) is 49.0 Å². The number of anilines is 1. The van der Waals surface area contributed by atoms with Gasteiger partial charge in [-0.1, -0.05) is 18.2 Å². The van der Waals surface area contributed by atoms with Crippen molar-refractivity contribution in [3.8, 4) is 5.75 Å². The average Bonchev–Trinajstić information content (AvgIpc) is 3.34. The Morgan fingerprint density at radius 1 is 1.08 bits per heavy atom. The van der Waals surface area contributed by atoms with Crippen molar-refractivity contribution in [3.05, 3.63) is 83.9 Å². The number of benzene rings is 2. The number of carbonyl (C=O) groups is 1. The molecule has 1 aliphatic rings. The summed E-state index contributed by atoms with van der Waals surface area (Å²) in [6.45, 7) is 1.47. The standard InChI is InChI=1S/C28H26N6O3/c35-27(36)15-26(24-17-30-22-5-1-2-6-23(22)33-24)34-25-10-9-21(14-19(25)16-31-34)37-13-11-20-8-7-18-4-3-12-29-28(18)32-20/h1-2,5-10,14,16-17,26H,3-4,11-13,15H2,(H,29,32)(H,35,36). The van der Waals surface area contributed by atoms with Crippen molar-refractivity contribution in [2.75, 3.05) is 18.5 Å². The summed E-state index contributed by atoms with van der Waals surface area (Å²) in [5.41, 5.74) is 5.10. The van der Waals surface area contributed by atoms with Gasteiger partial charge in [0.15, 0.2) is 0 Å². The molecule has 0 amide bonds. The Morgan fingerprint density at radius 3 is 2.86 bits per heavy atom. The Hall–Kier alpha value is -4.53. The number of nitrogens with one attached hydrogen (secondary N) is 1. The van der Waals surface area contributed by atoms with Gasteiger partial charge in [0.2, 0.25) is 0 Å². The minimum Gasteiger partial charge on any atom is -0.493 e. The molecule has 1 aliphatic heterocycles. The molecule has 0 radical (unpaired) electrons. The molecule has 37 heavy (non-hydrogen) atoms. The maximum Gasteiger partial charge on any atom is 0.305 e.